The molecular formula is C22H30O4. The Labute approximate surface area is 156 Å². The van der Waals surface area contributed by atoms with E-state index in [2.05, 4.69) is 26.0 Å². The van der Waals surface area contributed by atoms with Crippen LogP contribution in [-0.2, 0) is 19.1 Å². The van der Waals surface area contributed by atoms with E-state index in [1.54, 1.807) is 7.11 Å². The van der Waals surface area contributed by atoms with Gasteiger partial charge in [-0.15, -0.1) is 0 Å². The van der Waals surface area contributed by atoms with E-state index < -0.39 is 0 Å². The van der Waals surface area contributed by atoms with E-state index in [1.807, 2.05) is 0 Å². The molecule has 26 heavy (non-hydrogen) atoms. The Kier molecular flexibility index (Phi) is 4.09. The zero-order valence-corrected chi connectivity index (χ0v) is 16.3. The highest BCUT2D eigenvalue weighted by Gasteiger charge is 2.62. The highest BCUT2D eigenvalue weighted by Crippen LogP contribution is 2.64. The van der Waals surface area contributed by atoms with Crippen molar-refractivity contribution in [3.8, 4) is 0 Å². The summed E-state index contributed by atoms with van der Waals surface area (Å²) in [6, 6.07) is 0. The number of carbonyl (C=O) groups is 2. The van der Waals surface area contributed by atoms with Crippen molar-refractivity contribution in [1.29, 1.82) is 0 Å². The maximum absolute atomic E-state index is 12.7. The molecule has 2 saturated carbocycles. The number of methoxy groups -OCH3 is 1. The SMILES string of the molecule is COC1=CC2=CCC3C(C(OC(C)=O)C[C@]4(C)C(=O)CCC34)[C@@]2(C)CC1. The molecule has 0 heterocycles. The standard InChI is InChI=1S/C22H30O4/c1-13(23)26-18-12-22(3)17(7-8-19(22)24)16-6-5-14-11-15(25-4)9-10-21(14,2)20(16)18/h5,11,16-18,20H,6-10,12H2,1-4H3/t16?,17?,18?,20?,21-,22-/m0/s1. The van der Waals surface area contributed by atoms with Crippen molar-refractivity contribution in [2.75, 3.05) is 7.11 Å². The number of esters is 1. The predicted octanol–water partition coefficient (Wildman–Crippen LogP) is 4.20. The number of ether oxygens (including phenoxy) is 2. The first-order valence-electron chi connectivity index (χ1n) is 9.95. The fraction of sp³-hybridized carbons (Fsp3) is 0.727. The van der Waals surface area contributed by atoms with E-state index in [0.29, 0.717) is 30.5 Å². The van der Waals surface area contributed by atoms with Crippen LogP contribution >= 0.6 is 0 Å². The second kappa shape index (κ2) is 5.97. The summed E-state index contributed by atoms with van der Waals surface area (Å²) in [5.74, 6) is 2.27. The number of Topliss-reactive ketones (excluding diaryl/α,β-unsaturated/α-hetero) is 1. The number of rotatable bonds is 2. The van der Waals surface area contributed by atoms with E-state index >= 15 is 0 Å². The van der Waals surface area contributed by atoms with Crippen molar-refractivity contribution in [2.24, 2.45) is 28.6 Å². The highest BCUT2D eigenvalue weighted by atomic mass is 16.5. The second-order valence-electron chi connectivity index (χ2n) is 9.15. The summed E-state index contributed by atoms with van der Waals surface area (Å²) in [5, 5.41) is 0. The van der Waals surface area contributed by atoms with E-state index in [0.717, 1.165) is 31.4 Å². The first-order valence-corrected chi connectivity index (χ1v) is 9.95. The molecule has 0 N–H and O–H groups in total. The van der Waals surface area contributed by atoms with Gasteiger partial charge in [0.2, 0.25) is 0 Å². The first-order chi connectivity index (χ1) is 12.3. The van der Waals surface area contributed by atoms with Crippen molar-refractivity contribution in [2.45, 2.75) is 65.4 Å². The van der Waals surface area contributed by atoms with Gasteiger partial charge in [-0.1, -0.05) is 19.9 Å². The molecule has 4 aliphatic rings. The Morgan fingerprint density at radius 3 is 2.69 bits per heavy atom. The fourth-order valence-corrected chi connectivity index (χ4v) is 6.65. The van der Waals surface area contributed by atoms with E-state index in [-0.39, 0.29) is 28.8 Å². The summed E-state index contributed by atoms with van der Waals surface area (Å²) >= 11 is 0. The molecule has 0 saturated heterocycles. The van der Waals surface area contributed by atoms with Crippen molar-refractivity contribution >= 4 is 11.8 Å². The summed E-state index contributed by atoms with van der Waals surface area (Å²) < 4.78 is 11.4. The second-order valence-corrected chi connectivity index (χ2v) is 9.15. The number of fused-ring (bicyclic) bond motifs is 5. The molecule has 2 fully saturated rings. The molecular weight excluding hydrogens is 328 g/mol. The van der Waals surface area contributed by atoms with Crippen molar-refractivity contribution in [3.63, 3.8) is 0 Å². The lowest BCUT2D eigenvalue weighted by Gasteiger charge is -2.57. The van der Waals surface area contributed by atoms with Crippen LogP contribution in [0.15, 0.2) is 23.5 Å². The summed E-state index contributed by atoms with van der Waals surface area (Å²) in [5.41, 5.74) is 0.982. The topological polar surface area (TPSA) is 52.6 Å². The first kappa shape index (κ1) is 17.8. The Balaban J connectivity index is 1.78. The van der Waals surface area contributed by atoms with Gasteiger partial charge in [-0.25, -0.2) is 0 Å². The van der Waals surface area contributed by atoms with Gasteiger partial charge >= 0.3 is 5.97 Å². The minimum absolute atomic E-state index is 0.0158. The van der Waals surface area contributed by atoms with Gasteiger partial charge in [0, 0.05) is 31.1 Å². The van der Waals surface area contributed by atoms with Gasteiger partial charge in [0.15, 0.2) is 0 Å². The third-order valence-electron chi connectivity index (χ3n) is 7.93. The number of carbonyl (C=O) groups excluding carboxylic acids is 2. The van der Waals surface area contributed by atoms with E-state index in [4.69, 9.17) is 9.47 Å². The van der Waals surface area contributed by atoms with Crippen LogP contribution in [0.5, 0.6) is 0 Å². The Morgan fingerprint density at radius 2 is 2.00 bits per heavy atom. The Hall–Kier alpha value is -1.58. The largest absolute Gasteiger partial charge is 0.501 e. The predicted molar refractivity (Wildman–Crippen MR) is 98.1 cm³/mol. The molecule has 4 nitrogen and oxygen atoms in total. The molecule has 4 aliphatic carbocycles. The third kappa shape index (κ3) is 2.40. The van der Waals surface area contributed by atoms with Gasteiger partial charge in [-0.05, 0) is 54.6 Å². The van der Waals surface area contributed by atoms with Crippen LogP contribution in [0.4, 0.5) is 0 Å². The number of allylic oxidation sites excluding steroid dienone is 4. The zero-order valence-electron chi connectivity index (χ0n) is 16.3. The molecule has 0 amide bonds. The van der Waals surface area contributed by atoms with Gasteiger partial charge in [-0.2, -0.15) is 0 Å². The quantitative estimate of drug-likeness (QED) is 0.694. The summed E-state index contributed by atoms with van der Waals surface area (Å²) in [6.45, 7) is 5.94. The molecule has 0 aromatic rings. The van der Waals surface area contributed by atoms with Crippen LogP contribution in [0.1, 0.15) is 59.3 Å². The lowest BCUT2D eigenvalue weighted by atomic mass is 9.48. The maximum atomic E-state index is 12.7. The van der Waals surface area contributed by atoms with Gasteiger partial charge in [0.05, 0.1) is 12.9 Å². The zero-order chi connectivity index (χ0) is 18.7. The molecule has 4 rings (SSSR count). The molecule has 0 aromatic carbocycles. The minimum Gasteiger partial charge on any atom is -0.501 e. The van der Waals surface area contributed by atoms with Crippen molar-refractivity contribution in [1.82, 2.24) is 0 Å². The van der Waals surface area contributed by atoms with Crippen LogP contribution in [0, 0.1) is 28.6 Å². The monoisotopic (exact) mass is 358 g/mol. The molecule has 0 aromatic heterocycles. The van der Waals surface area contributed by atoms with Crippen LogP contribution in [0.25, 0.3) is 0 Å². The summed E-state index contributed by atoms with van der Waals surface area (Å²) in [7, 11) is 1.73. The van der Waals surface area contributed by atoms with Gasteiger partial charge in [0.25, 0.3) is 0 Å². The maximum Gasteiger partial charge on any atom is 0.302 e. The van der Waals surface area contributed by atoms with Crippen molar-refractivity contribution < 1.29 is 19.1 Å². The number of ketones is 1. The summed E-state index contributed by atoms with van der Waals surface area (Å²) in [6.07, 6.45) is 9.62. The van der Waals surface area contributed by atoms with Gasteiger partial charge in [0.1, 0.15) is 11.9 Å². The molecule has 142 valence electrons. The van der Waals surface area contributed by atoms with Crippen LogP contribution in [0.3, 0.4) is 0 Å². The third-order valence-corrected chi connectivity index (χ3v) is 7.93. The Morgan fingerprint density at radius 1 is 1.23 bits per heavy atom. The molecule has 0 spiro atoms. The van der Waals surface area contributed by atoms with Crippen LogP contribution in [0.2, 0.25) is 0 Å². The lowest BCUT2D eigenvalue weighted by Crippen LogP contribution is -2.56. The van der Waals surface area contributed by atoms with Crippen molar-refractivity contribution in [3.05, 3.63) is 23.5 Å². The van der Waals surface area contributed by atoms with Crippen LogP contribution in [-0.4, -0.2) is 25.0 Å². The Bertz CT molecular complexity index is 705. The molecule has 0 radical (unpaired) electrons. The average molecular weight is 358 g/mol. The molecule has 4 unspecified atom stereocenters. The smallest absolute Gasteiger partial charge is 0.302 e. The normalized spacial score (nSPS) is 44.2. The number of hydrogen-bond acceptors (Lipinski definition) is 4. The van der Waals surface area contributed by atoms with Gasteiger partial charge in [-0.3, -0.25) is 9.59 Å². The fourth-order valence-electron chi connectivity index (χ4n) is 6.65. The van der Waals surface area contributed by atoms with Crippen LogP contribution < -0.4 is 0 Å². The lowest BCUT2D eigenvalue weighted by molar-refractivity contribution is -0.172. The number of hydrogen-bond donors (Lipinski definition) is 0. The molecule has 0 aliphatic heterocycles. The van der Waals surface area contributed by atoms with E-state index in [9.17, 15) is 9.59 Å². The molecule has 0 bridgehead atoms. The molecule has 4 heteroatoms. The average Bonchev–Trinajstić information content (AvgIpc) is 2.88. The molecule has 6 atom stereocenters. The highest BCUT2D eigenvalue weighted by molar-refractivity contribution is 5.87. The summed E-state index contributed by atoms with van der Waals surface area (Å²) in [4.78, 5) is 24.6. The van der Waals surface area contributed by atoms with Gasteiger partial charge < -0.3 is 9.47 Å². The van der Waals surface area contributed by atoms with E-state index in [1.165, 1.54) is 12.5 Å². The minimum atomic E-state index is -0.328.